The van der Waals surface area contributed by atoms with E-state index in [0.717, 1.165) is 11.8 Å². The first-order valence-electron chi connectivity index (χ1n) is 3.30. The third kappa shape index (κ3) is 2.80. The summed E-state index contributed by atoms with van der Waals surface area (Å²) < 4.78 is 0.518. The Morgan fingerprint density at radius 3 is 2.42 bits per heavy atom. The van der Waals surface area contributed by atoms with Gasteiger partial charge in [-0.3, -0.25) is 4.79 Å². The molecule has 0 spiro atoms. The standard InChI is InChI=1S/C9H6BrClO/c10-8(6-12)5-7-1-3-9(11)4-2-7/h1-6H/b8-5+. The van der Waals surface area contributed by atoms with Gasteiger partial charge >= 0.3 is 0 Å². The summed E-state index contributed by atoms with van der Waals surface area (Å²) in [5, 5.41) is 0.689. The summed E-state index contributed by atoms with van der Waals surface area (Å²) in [6, 6.07) is 7.23. The summed E-state index contributed by atoms with van der Waals surface area (Å²) in [7, 11) is 0. The molecular weight excluding hydrogens is 239 g/mol. The molecule has 0 bridgehead atoms. The minimum absolute atomic E-state index is 0.518. The summed E-state index contributed by atoms with van der Waals surface area (Å²) in [4.78, 5) is 10.2. The van der Waals surface area contributed by atoms with Gasteiger partial charge in [-0.05, 0) is 39.7 Å². The molecule has 0 aliphatic heterocycles. The van der Waals surface area contributed by atoms with E-state index in [2.05, 4.69) is 15.9 Å². The van der Waals surface area contributed by atoms with Gasteiger partial charge in [-0.25, -0.2) is 0 Å². The van der Waals surface area contributed by atoms with Crippen LogP contribution in [0.2, 0.25) is 5.02 Å². The summed E-state index contributed by atoms with van der Waals surface area (Å²) in [6.07, 6.45) is 2.47. The third-order valence-corrected chi connectivity index (χ3v) is 1.95. The molecule has 1 nitrogen and oxygen atoms in total. The van der Waals surface area contributed by atoms with Crippen LogP contribution in [0.1, 0.15) is 5.56 Å². The van der Waals surface area contributed by atoms with Crippen molar-refractivity contribution in [2.75, 3.05) is 0 Å². The number of allylic oxidation sites excluding steroid dienone is 1. The largest absolute Gasteiger partial charge is 0.297 e. The zero-order chi connectivity index (χ0) is 8.97. The van der Waals surface area contributed by atoms with Crippen molar-refractivity contribution in [1.82, 2.24) is 0 Å². The summed E-state index contributed by atoms with van der Waals surface area (Å²) in [5.74, 6) is 0. The number of benzene rings is 1. The molecule has 3 heteroatoms. The van der Waals surface area contributed by atoms with Gasteiger partial charge in [-0.15, -0.1) is 0 Å². The lowest BCUT2D eigenvalue weighted by Gasteiger charge is -1.92. The van der Waals surface area contributed by atoms with Crippen molar-refractivity contribution >= 4 is 39.9 Å². The van der Waals surface area contributed by atoms with Crippen LogP contribution < -0.4 is 0 Å². The molecule has 1 rings (SSSR count). The molecule has 12 heavy (non-hydrogen) atoms. The molecule has 0 aliphatic carbocycles. The lowest BCUT2D eigenvalue weighted by atomic mass is 10.2. The highest BCUT2D eigenvalue weighted by Gasteiger charge is 1.90. The Morgan fingerprint density at radius 2 is 1.92 bits per heavy atom. The van der Waals surface area contributed by atoms with Crippen LogP contribution in [0.25, 0.3) is 6.08 Å². The number of halogens is 2. The number of hydrogen-bond acceptors (Lipinski definition) is 1. The molecule has 0 unspecified atom stereocenters. The van der Waals surface area contributed by atoms with Gasteiger partial charge in [0.25, 0.3) is 0 Å². The summed E-state index contributed by atoms with van der Waals surface area (Å²) in [6.45, 7) is 0. The maximum absolute atomic E-state index is 10.2. The Bertz CT molecular complexity index is 303. The fourth-order valence-electron chi connectivity index (χ4n) is 0.752. The minimum atomic E-state index is 0.518. The average Bonchev–Trinajstić information content (AvgIpc) is 2.09. The number of aldehydes is 1. The Hall–Kier alpha value is -0.600. The van der Waals surface area contributed by atoms with E-state index in [1.807, 2.05) is 12.1 Å². The molecule has 0 radical (unpaired) electrons. The molecular formula is C9H6BrClO. The second-order valence-electron chi connectivity index (χ2n) is 2.20. The van der Waals surface area contributed by atoms with Crippen molar-refractivity contribution in [3.63, 3.8) is 0 Å². The van der Waals surface area contributed by atoms with Crippen LogP contribution in [0.15, 0.2) is 28.7 Å². The molecule has 0 aliphatic rings. The van der Waals surface area contributed by atoms with Crippen molar-refractivity contribution in [2.45, 2.75) is 0 Å². The van der Waals surface area contributed by atoms with Gasteiger partial charge in [0.2, 0.25) is 0 Å². The van der Waals surface area contributed by atoms with Crippen molar-refractivity contribution in [3.05, 3.63) is 39.3 Å². The maximum atomic E-state index is 10.2. The minimum Gasteiger partial charge on any atom is -0.297 e. The number of carbonyl (C=O) groups is 1. The smallest absolute Gasteiger partial charge is 0.157 e. The fourth-order valence-corrected chi connectivity index (χ4v) is 1.14. The second kappa shape index (κ2) is 4.43. The molecule has 0 atom stereocenters. The Morgan fingerprint density at radius 1 is 1.33 bits per heavy atom. The van der Waals surface area contributed by atoms with Crippen LogP contribution in [0.3, 0.4) is 0 Å². The van der Waals surface area contributed by atoms with Gasteiger partial charge in [0.15, 0.2) is 6.29 Å². The van der Waals surface area contributed by atoms with Crippen LogP contribution in [0.4, 0.5) is 0 Å². The lowest BCUT2D eigenvalue weighted by molar-refractivity contribution is -0.104. The average molecular weight is 246 g/mol. The quantitative estimate of drug-likeness (QED) is 0.577. The van der Waals surface area contributed by atoms with Crippen LogP contribution in [-0.4, -0.2) is 6.29 Å². The van der Waals surface area contributed by atoms with E-state index in [-0.39, 0.29) is 0 Å². The monoisotopic (exact) mass is 244 g/mol. The number of carbonyl (C=O) groups excluding carboxylic acids is 1. The lowest BCUT2D eigenvalue weighted by Crippen LogP contribution is -1.74. The maximum Gasteiger partial charge on any atom is 0.157 e. The third-order valence-electron chi connectivity index (χ3n) is 1.29. The topological polar surface area (TPSA) is 17.1 Å². The molecule has 0 heterocycles. The van der Waals surface area contributed by atoms with E-state index in [0.29, 0.717) is 9.51 Å². The first-order chi connectivity index (χ1) is 5.72. The van der Waals surface area contributed by atoms with Gasteiger partial charge in [0.05, 0.1) is 4.48 Å². The summed E-state index contributed by atoms with van der Waals surface area (Å²) in [5.41, 5.74) is 0.943. The number of rotatable bonds is 2. The van der Waals surface area contributed by atoms with E-state index in [1.165, 1.54) is 0 Å². The predicted octanol–water partition coefficient (Wildman–Crippen LogP) is 3.27. The zero-order valence-electron chi connectivity index (χ0n) is 6.13. The molecule has 0 aromatic heterocycles. The SMILES string of the molecule is O=C/C(Br)=C\c1ccc(Cl)cc1. The van der Waals surface area contributed by atoms with Crippen LogP contribution in [-0.2, 0) is 4.79 Å². The van der Waals surface area contributed by atoms with Crippen LogP contribution in [0.5, 0.6) is 0 Å². The molecule has 0 N–H and O–H groups in total. The van der Waals surface area contributed by atoms with E-state index in [1.54, 1.807) is 18.2 Å². The molecule has 62 valence electrons. The predicted molar refractivity (Wildman–Crippen MR) is 54.4 cm³/mol. The molecule has 0 saturated carbocycles. The second-order valence-corrected chi connectivity index (χ2v) is 3.55. The normalized spacial score (nSPS) is 11.3. The Balaban J connectivity index is 2.91. The highest BCUT2D eigenvalue weighted by atomic mass is 79.9. The van der Waals surface area contributed by atoms with Crippen molar-refractivity contribution < 1.29 is 4.79 Å². The highest BCUT2D eigenvalue weighted by Crippen LogP contribution is 2.13. The van der Waals surface area contributed by atoms with Gasteiger partial charge in [-0.1, -0.05) is 23.7 Å². The highest BCUT2D eigenvalue weighted by molar-refractivity contribution is 9.12. The first kappa shape index (κ1) is 9.49. The van der Waals surface area contributed by atoms with Gasteiger partial charge in [0.1, 0.15) is 0 Å². The van der Waals surface area contributed by atoms with E-state index in [9.17, 15) is 4.79 Å². The Labute approximate surface area is 84.2 Å². The fraction of sp³-hybridized carbons (Fsp3) is 0. The number of hydrogen-bond donors (Lipinski definition) is 0. The van der Waals surface area contributed by atoms with Gasteiger partial charge in [-0.2, -0.15) is 0 Å². The first-order valence-corrected chi connectivity index (χ1v) is 4.47. The molecule has 1 aromatic carbocycles. The van der Waals surface area contributed by atoms with E-state index >= 15 is 0 Å². The van der Waals surface area contributed by atoms with E-state index in [4.69, 9.17) is 11.6 Å². The van der Waals surface area contributed by atoms with Crippen molar-refractivity contribution in [3.8, 4) is 0 Å². The van der Waals surface area contributed by atoms with Crippen LogP contribution in [0, 0.1) is 0 Å². The molecule has 1 aromatic rings. The van der Waals surface area contributed by atoms with Crippen molar-refractivity contribution in [2.24, 2.45) is 0 Å². The Kier molecular flexibility index (Phi) is 3.50. The van der Waals surface area contributed by atoms with Gasteiger partial charge in [0, 0.05) is 5.02 Å². The van der Waals surface area contributed by atoms with Gasteiger partial charge < -0.3 is 0 Å². The van der Waals surface area contributed by atoms with E-state index < -0.39 is 0 Å². The molecule has 0 fully saturated rings. The van der Waals surface area contributed by atoms with Crippen molar-refractivity contribution in [1.29, 1.82) is 0 Å². The molecule has 0 amide bonds. The molecule has 0 saturated heterocycles. The van der Waals surface area contributed by atoms with Crippen LogP contribution >= 0.6 is 27.5 Å². The summed E-state index contributed by atoms with van der Waals surface area (Å²) >= 11 is 8.77. The zero-order valence-corrected chi connectivity index (χ0v) is 8.47.